The quantitative estimate of drug-likeness (QED) is 0.544. The maximum Gasteiger partial charge on any atom is 2.00 e. The molecule has 0 aromatic heterocycles. The molecule has 0 amide bonds. The Morgan fingerprint density at radius 1 is 0.762 bits per heavy atom. The molecule has 0 bridgehead atoms. The van der Waals surface area contributed by atoms with Crippen molar-refractivity contribution in [3.8, 4) is 0 Å². The Morgan fingerprint density at radius 2 is 1.05 bits per heavy atom. The maximum absolute atomic E-state index is 10.3. The van der Waals surface area contributed by atoms with E-state index < -0.39 is 11.9 Å². The van der Waals surface area contributed by atoms with Crippen molar-refractivity contribution < 1.29 is 19.8 Å². The largest absolute Gasteiger partial charge is 2.00 e. The fraction of sp³-hybridized carbons (Fsp3) is 0.875. The van der Waals surface area contributed by atoms with Crippen LogP contribution in [0.25, 0.3) is 0 Å². The summed E-state index contributed by atoms with van der Waals surface area (Å²) in [5, 5.41) is 20.7. The molecule has 120 valence electrons. The average molecular weight is 374 g/mol. The number of hydrogen-bond acceptors (Lipinski definition) is 4. The van der Waals surface area contributed by atoms with Gasteiger partial charge in [-0.15, -0.1) is 0 Å². The molecule has 0 aromatic rings. The molecular weight excluding hydrogens is 344 g/mol. The van der Waals surface area contributed by atoms with E-state index in [0.717, 1.165) is 38.5 Å². The van der Waals surface area contributed by atoms with Crippen molar-refractivity contribution in [1.82, 2.24) is 0 Å². The SMILES string of the molecule is CCCCC(CC)C(=O)[O-].CCCCC(CC)C(=O)[O-].[Sr+2]. The summed E-state index contributed by atoms with van der Waals surface area (Å²) in [5.74, 6) is -2.23. The third-order valence-corrected chi connectivity index (χ3v) is 3.46. The van der Waals surface area contributed by atoms with Gasteiger partial charge in [0.1, 0.15) is 0 Å². The minimum absolute atomic E-state index is 0. The van der Waals surface area contributed by atoms with Crippen molar-refractivity contribution >= 4 is 57.4 Å². The molecule has 4 nitrogen and oxygen atoms in total. The van der Waals surface area contributed by atoms with Crippen molar-refractivity contribution in [2.45, 2.75) is 79.1 Å². The Hall–Kier alpha value is 0.421. The van der Waals surface area contributed by atoms with Crippen LogP contribution in [0.3, 0.4) is 0 Å². The Balaban J connectivity index is -0.000000295. The van der Waals surface area contributed by atoms with Crippen molar-refractivity contribution in [2.75, 3.05) is 0 Å². The van der Waals surface area contributed by atoms with Gasteiger partial charge in [0.25, 0.3) is 0 Å². The van der Waals surface area contributed by atoms with Crippen LogP contribution in [0.4, 0.5) is 0 Å². The van der Waals surface area contributed by atoms with Gasteiger partial charge in [-0.2, -0.15) is 0 Å². The summed E-state index contributed by atoms with van der Waals surface area (Å²) >= 11 is 0. The van der Waals surface area contributed by atoms with Crippen LogP contribution in [0, 0.1) is 11.8 Å². The molecule has 0 heterocycles. The second-order valence-electron chi connectivity index (χ2n) is 5.13. The van der Waals surface area contributed by atoms with Gasteiger partial charge in [-0.05, 0) is 37.5 Å². The number of carbonyl (C=O) groups excluding carboxylic acids is 2. The summed E-state index contributed by atoms with van der Waals surface area (Å²) in [4.78, 5) is 20.7. The van der Waals surface area contributed by atoms with Crippen molar-refractivity contribution in [3.63, 3.8) is 0 Å². The Kier molecular flexibility index (Phi) is 23.2. The van der Waals surface area contributed by atoms with Gasteiger partial charge in [-0.3, -0.25) is 0 Å². The predicted octanol–water partition coefficient (Wildman–Crippen LogP) is 1.52. The van der Waals surface area contributed by atoms with Crippen molar-refractivity contribution in [1.29, 1.82) is 0 Å². The zero-order valence-electron chi connectivity index (χ0n) is 14.2. The molecule has 0 spiro atoms. The van der Waals surface area contributed by atoms with E-state index >= 15 is 0 Å². The normalized spacial score (nSPS) is 12.4. The molecule has 5 heteroatoms. The van der Waals surface area contributed by atoms with E-state index in [1.54, 1.807) is 0 Å². The first-order chi connectivity index (χ1) is 9.44. The molecule has 0 rings (SSSR count). The number of carboxylic acids is 2. The summed E-state index contributed by atoms with van der Waals surface area (Å²) in [6, 6.07) is 0. The second-order valence-corrected chi connectivity index (χ2v) is 5.13. The van der Waals surface area contributed by atoms with Crippen LogP contribution >= 0.6 is 0 Å². The fourth-order valence-corrected chi connectivity index (χ4v) is 1.88. The average Bonchev–Trinajstić information content (AvgIpc) is 2.40. The second kappa shape index (κ2) is 18.5. The van der Waals surface area contributed by atoms with E-state index in [1.165, 1.54) is 0 Å². The van der Waals surface area contributed by atoms with Gasteiger partial charge in [0.15, 0.2) is 0 Å². The number of hydrogen-bond donors (Lipinski definition) is 0. The molecule has 21 heavy (non-hydrogen) atoms. The summed E-state index contributed by atoms with van der Waals surface area (Å²) in [6.07, 6.45) is 7.04. The van der Waals surface area contributed by atoms with Gasteiger partial charge < -0.3 is 19.8 Å². The molecular formula is C16H30O4Sr. The van der Waals surface area contributed by atoms with Gasteiger partial charge in [0.2, 0.25) is 0 Å². The van der Waals surface area contributed by atoms with Gasteiger partial charge in [-0.25, -0.2) is 0 Å². The number of unbranched alkanes of at least 4 members (excludes halogenated alkanes) is 2. The van der Waals surface area contributed by atoms with Crippen LogP contribution in [0.5, 0.6) is 0 Å². The first-order valence-electron chi connectivity index (χ1n) is 7.86. The molecule has 0 saturated heterocycles. The summed E-state index contributed by atoms with van der Waals surface area (Å²) in [6.45, 7) is 7.89. The topological polar surface area (TPSA) is 80.3 Å². The van der Waals surface area contributed by atoms with Crippen LogP contribution < -0.4 is 10.2 Å². The minimum atomic E-state index is -0.893. The van der Waals surface area contributed by atoms with Crippen molar-refractivity contribution in [2.24, 2.45) is 11.8 Å². The number of aliphatic carboxylic acids is 2. The summed E-state index contributed by atoms with van der Waals surface area (Å²) in [5.41, 5.74) is 0. The Bertz CT molecular complexity index is 231. The Labute approximate surface area is 167 Å². The number of rotatable bonds is 10. The molecule has 0 aliphatic heterocycles. The molecule has 0 aromatic carbocycles. The standard InChI is InChI=1S/2C8H16O2.Sr/c2*1-3-5-6-7(4-2)8(9)10;/h2*7H,3-6H2,1-2H3,(H,9,10);/q;;+2/p-2. The monoisotopic (exact) mass is 374 g/mol. The van der Waals surface area contributed by atoms with E-state index in [9.17, 15) is 19.8 Å². The predicted molar refractivity (Wildman–Crippen MR) is 82.4 cm³/mol. The van der Waals surface area contributed by atoms with E-state index in [2.05, 4.69) is 13.8 Å². The van der Waals surface area contributed by atoms with Crippen LogP contribution in [0.2, 0.25) is 0 Å². The number of carbonyl (C=O) groups is 2. The van der Waals surface area contributed by atoms with Gasteiger partial charge in [-0.1, -0.05) is 53.4 Å². The summed E-state index contributed by atoms with van der Waals surface area (Å²) < 4.78 is 0. The maximum atomic E-state index is 10.3. The molecule has 2 atom stereocenters. The van der Waals surface area contributed by atoms with Gasteiger partial charge in [0.05, 0.1) is 0 Å². The molecule has 0 radical (unpaired) electrons. The van der Waals surface area contributed by atoms with E-state index in [-0.39, 0.29) is 57.3 Å². The third kappa shape index (κ3) is 16.6. The fourth-order valence-electron chi connectivity index (χ4n) is 1.88. The van der Waals surface area contributed by atoms with E-state index in [4.69, 9.17) is 0 Å². The summed E-state index contributed by atoms with van der Waals surface area (Å²) in [7, 11) is 0. The molecule has 2 unspecified atom stereocenters. The van der Waals surface area contributed by atoms with Crippen LogP contribution in [0.15, 0.2) is 0 Å². The van der Waals surface area contributed by atoms with Crippen LogP contribution in [0.1, 0.15) is 79.1 Å². The van der Waals surface area contributed by atoms with Crippen molar-refractivity contribution in [3.05, 3.63) is 0 Å². The van der Waals surface area contributed by atoms with E-state index in [1.807, 2.05) is 13.8 Å². The minimum Gasteiger partial charge on any atom is -0.550 e. The zero-order valence-corrected chi connectivity index (χ0v) is 17.6. The molecule has 0 fully saturated rings. The van der Waals surface area contributed by atoms with Crippen LogP contribution in [-0.4, -0.2) is 57.4 Å². The zero-order chi connectivity index (χ0) is 16.0. The smallest absolute Gasteiger partial charge is 0.550 e. The third-order valence-electron chi connectivity index (χ3n) is 3.46. The van der Waals surface area contributed by atoms with Gasteiger partial charge in [0, 0.05) is 11.9 Å². The molecule has 0 saturated carbocycles. The molecule has 0 N–H and O–H groups in total. The first-order valence-corrected chi connectivity index (χ1v) is 7.86. The number of carboxylic acid groups (broad SMARTS) is 2. The van der Waals surface area contributed by atoms with Crippen LogP contribution in [-0.2, 0) is 9.59 Å². The first kappa shape index (κ1) is 26.3. The molecule has 0 aliphatic rings. The van der Waals surface area contributed by atoms with Gasteiger partial charge >= 0.3 is 45.5 Å². The molecule has 0 aliphatic carbocycles. The van der Waals surface area contributed by atoms with E-state index in [0.29, 0.717) is 12.8 Å². The Morgan fingerprint density at radius 3 is 1.19 bits per heavy atom.